The zero-order valence-electron chi connectivity index (χ0n) is 15.8. The average Bonchev–Trinajstić information content (AvgIpc) is 2.75. The second kappa shape index (κ2) is 10.1. The van der Waals surface area contributed by atoms with E-state index in [9.17, 15) is 18.5 Å². The fraction of sp³-hybridized carbons (Fsp3) is 0.368. The lowest BCUT2D eigenvalue weighted by Gasteiger charge is -2.27. The van der Waals surface area contributed by atoms with Crippen LogP contribution in [0.1, 0.15) is 6.42 Å². The molecule has 0 radical (unpaired) electrons. The first-order valence-corrected chi connectivity index (χ1v) is 11.7. The molecule has 8 nitrogen and oxygen atoms in total. The van der Waals surface area contributed by atoms with Crippen LogP contribution in [-0.2, 0) is 14.8 Å². The van der Waals surface area contributed by atoms with Crippen molar-refractivity contribution in [3.63, 3.8) is 0 Å². The molecule has 29 heavy (non-hydrogen) atoms. The zero-order valence-corrected chi connectivity index (χ0v) is 17.5. The number of nitro benzene ring substituents is 1. The van der Waals surface area contributed by atoms with Crippen LogP contribution in [0, 0.1) is 10.1 Å². The molecule has 0 saturated carbocycles. The summed E-state index contributed by atoms with van der Waals surface area (Å²) >= 11 is 1.72. The number of hydrogen-bond acceptors (Lipinski definition) is 7. The van der Waals surface area contributed by atoms with E-state index in [1.807, 2.05) is 30.3 Å². The maximum absolute atomic E-state index is 13.1. The first kappa shape index (κ1) is 21.6. The molecule has 2 aromatic carbocycles. The quantitative estimate of drug-likeness (QED) is 0.278. The Bertz CT molecular complexity index is 932. The van der Waals surface area contributed by atoms with Crippen molar-refractivity contribution in [1.29, 1.82) is 0 Å². The van der Waals surface area contributed by atoms with Gasteiger partial charge in [-0.1, -0.05) is 18.2 Å². The number of hydrogen-bond donors (Lipinski definition) is 1. The molecule has 156 valence electrons. The molecule has 0 aromatic heterocycles. The van der Waals surface area contributed by atoms with Crippen molar-refractivity contribution < 1.29 is 18.1 Å². The predicted octanol–water partition coefficient (Wildman–Crippen LogP) is 3.21. The molecule has 3 rings (SSSR count). The topological polar surface area (TPSA) is 102 Å². The largest absolute Gasteiger partial charge is 0.384 e. The van der Waals surface area contributed by atoms with Gasteiger partial charge in [-0.05, 0) is 30.4 Å². The monoisotopic (exact) mass is 437 g/mol. The minimum atomic E-state index is -3.85. The maximum Gasteiger partial charge on any atom is 0.270 e. The van der Waals surface area contributed by atoms with Crippen molar-refractivity contribution in [2.45, 2.75) is 16.2 Å². The van der Waals surface area contributed by atoms with Crippen LogP contribution in [0.2, 0.25) is 0 Å². The van der Waals surface area contributed by atoms with Gasteiger partial charge in [0.1, 0.15) is 4.90 Å². The van der Waals surface area contributed by atoms with E-state index in [4.69, 9.17) is 4.74 Å². The molecule has 0 spiro atoms. The molecular weight excluding hydrogens is 414 g/mol. The summed E-state index contributed by atoms with van der Waals surface area (Å²) in [7, 11) is -3.85. The van der Waals surface area contributed by atoms with Crippen LogP contribution in [0.3, 0.4) is 0 Å². The van der Waals surface area contributed by atoms with Crippen molar-refractivity contribution in [3.05, 3.63) is 58.6 Å². The Kier molecular flexibility index (Phi) is 7.48. The fourth-order valence-electron chi connectivity index (χ4n) is 2.91. The van der Waals surface area contributed by atoms with Crippen molar-refractivity contribution in [1.82, 2.24) is 4.31 Å². The highest BCUT2D eigenvalue weighted by Crippen LogP contribution is 2.29. The van der Waals surface area contributed by atoms with Crippen LogP contribution in [0.5, 0.6) is 0 Å². The fourth-order valence-corrected chi connectivity index (χ4v) is 5.38. The number of thioether (sulfide) groups is 1. The lowest BCUT2D eigenvalue weighted by Crippen LogP contribution is -2.40. The number of sulfonamides is 1. The summed E-state index contributed by atoms with van der Waals surface area (Å²) in [6.07, 6.45) is 0.813. The minimum absolute atomic E-state index is 0.0655. The molecule has 1 aliphatic rings. The summed E-state index contributed by atoms with van der Waals surface area (Å²) < 4.78 is 32.7. The highest BCUT2D eigenvalue weighted by Gasteiger charge is 2.30. The molecule has 0 amide bonds. The number of rotatable bonds is 9. The number of benzene rings is 2. The molecule has 0 unspecified atom stereocenters. The molecular formula is C19H23N3O5S2. The minimum Gasteiger partial charge on any atom is -0.384 e. The van der Waals surface area contributed by atoms with Gasteiger partial charge in [0.05, 0.1) is 23.8 Å². The number of nitro groups is 1. The van der Waals surface area contributed by atoms with E-state index in [1.54, 1.807) is 11.8 Å². The lowest BCUT2D eigenvalue weighted by atomic mass is 10.3. The third kappa shape index (κ3) is 5.69. The van der Waals surface area contributed by atoms with Crippen LogP contribution in [0.15, 0.2) is 58.3 Å². The second-order valence-electron chi connectivity index (χ2n) is 6.40. The van der Waals surface area contributed by atoms with Crippen molar-refractivity contribution in [2.24, 2.45) is 0 Å². The number of non-ortho nitro benzene ring substituents is 1. The van der Waals surface area contributed by atoms with Crippen molar-refractivity contribution in [3.8, 4) is 0 Å². The molecule has 0 bridgehead atoms. The Morgan fingerprint density at radius 3 is 2.55 bits per heavy atom. The third-order valence-electron chi connectivity index (χ3n) is 4.41. The van der Waals surface area contributed by atoms with E-state index < -0.39 is 14.9 Å². The standard InChI is InChI=1S/C19H23N3O5S2/c23-22(24)16-7-8-18(20-9-4-14-28-17-5-2-1-3-6-17)19(15-16)29(25,26)21-10-12-27-13-11-21/h1-3,5-8,15,20H,4,9-14H2. The Morgan fingerprint density at radius 2 is 1.86 bits per heavy atom. The Morgan fingerprint density at radius 1 is 1.14 bits per heavy atom. The number of ether oxygens (including phenoxy) is 1. The van der Waals surface area contributed by atoms with Crippen molar-refractivity contribution >= 4 is 33.2 Å². The zero-order chi connectivity index (χ0) is 20.7. The lowest BCUT2D eigenvalue weighted by molar-refractivity contribution is -0.385. The SMILES string of the molecule is O=[N+]([O-])c1ccc(NCCCSc2ccccc2)c(S(=O)(=O)N2CCOCC2)c1. The van der Waals surface area contributed by atoms with Gasteiger partial charge in [-0.15, -0.1) is 11.8 Å². The highest BCUT2D eigenvalue weighted by atomic mass is 32.2. The first-order chi connectivity index (χ1) is 14.0. The molecule has 1 heterocycles. The van der Waals surface area contributed by atoms with E-state index in [0.29, 0.717) is 25.4 Å². The van der Waals surface area contributed by atoms with Gasteiger partial charge < -0.3 is 10.1 Å². The average molecular weight is 438 g/mol. The van der Waals surface area contributed by atoms with Crippen LogP contribution in [-0.4, -0.2) is 56.2 Å². The van der Waals surface area contributed by atoms with Gasteiger partial charge in [-0.25, -0.2) is 8.42 Å². The number of nitrogens with zero attached hydrogens (tertiary/aromatic N) is 2. The van der Waals surface area contributed by atoms with Gasteiger partial charge in [0.25, 0.3) is 5.69 Å². The van der Waals surface area contributed by atoms with E-state index >= 15 is 0 Å². The van der Waals surface area contributed by atoms with Gasteiger partial charge in [-0.2, -0.15) is 4.31 Å². The van der Waals surface area contributed by atoms with E-state index in [-0.39, 0.29) is 23.7 Å². The molecule has 2 aromatic rings. The summed E-state index contributed by atoms with van der Waals surface area (Å²) in [5, 5.41) is 14.3. The Labute approximate surface area is 174 Å². The van der Waals surface area contributed by atoms with Crippen LogP contribution >= 0.6 is 11.8 Å². The van der Waals surface area contributed by atoms with Gasteiger partial charge in [0.15, 0.2) is 0 Å². The summed E-state index contributed by atoms with van der Waals surface area (Å²) in [5.74, 6) is 0.871. The van der Waals surface area contributed by atoms with Gasteiger partial charge >= 0.3 is 0 Å². The number of nitrogens with one attached hydrogen (secondary N) is 1. The van der Waals surface area contributed by atoms with Gasteiger partial charge in [0.2, 0.25) is 10.0 Å². The Hall–Kier alpha value is -2.14. The molecule has 1 fully saturated rings. The van der Waals surface area contributed by atoms with Crippen LogP contribution in [0.25, 0.3) is 0 Å². The summed E-state index contributed by atoms with van der Waals surface area (Å²) in [5.41, 5.74) is 0.133. The van der Waals surface area contributed by atoms with E-state index in [0.717, 1.165) is 18.2 Å². The van der Waals surface area contributed by atoms with E-state index in [2.05, 4.69) is 5.32 Å². The molecule has 10 heteroatoms. The predicted molar refractivity (Wildman–Crippen MR) is 113 cm³/mol. The van der Waals surface area contributed by atoms with Crippen LogP contribution < -0.4 is 5.32 Å². The normalized spacial score (nSPS) is 15.2. The second-order valence-corrected chi connectivity index (χ2v) is 9.47. The molecule has 0 atom stereocenters. The summed E-state index contributed by atoms with van der Waals surface area (Å²) in [4.78, 5) is 11.7. The van der Waals surface area contributed by atoms with Crippen LogP contribution in [0.4, 0.5) is 11.4 Å². The van der Waals surface area contributed by atoms with Gasteiger partial charge in [0, 0.05) is 36.7 Å². The molecule has 1 N–H and O–H groups in total. The maximum atomic E-state index is 13.1. The number of morpholine rings is 1. The van der Waals surface area contributed by atoms with Gasteiger partial charge in [-0.3, -0.25) is 10.1 Å². The molecule has 1 saturated heterocycles. The highest BCUT2D eigenvalue weighted by molar-refractivity contribution is 7.99. The third-order valence-corrected chi connectivity index (χ3v) is 7.45. The molecule has 0 aliphatic carbocycles. The first-order valence-electron chi connectivity index (χ1n) is 9.26. The Balaban J connectivity index is 1.69. The molecule has 1 aliphatic heterocycles. The van der Waals surface area contributed by atoms with E-state index in [1.165, 1.54) is 21.3 Å². The van der Waals surface area contributed by atoms with Crippen molar-refractivity contribution in [2.75, 3.05) is 43.9 Å². The number of anilines is 1. The smallest absolute Gasteiger partial charge is 0.270 e. The summed E-state index contributed by atoms with van der Waals surface area (Å²) in [6, 6.07) is 13.9. The summed E-state index contributed by atoms with van der Waals surface area (Å²) in [6.45, 7) is 1.65.